The van der Waals surface area contributed by atoms with E-state index in [0.717, 1.165) is 32.5 Å². The molecule has 5 nitrogen and oxygen atoms in total. The molecule has 1 unspecified atom stereocenters. The summed E-state index contributed by atoms with van der Waals surface area (Å²) in [5, 5.41) is 0. The van der Waals surface area contributed by atoms with E-state index in [1.165, 1.54) is 7.11 Å². The minimum absolute atomic E-state index is 0.340. The third-order valence-electron chi connectivity index (χ3n) is 3.36. The summed E-state index contributed by atoms with van der Waals surface area (Å²) in [6, 6.07) is 0.500. The van der Waals surface area contributed by atoms with Crippen LogP contribution in [0.15, 0.2) is 0 Å². The van der Waals surface area contributed by atoms with Crippen LogP contribution in [0.1, 0.15) is 40.0 Å². The molecule has 1 atom stereocenters. The van der Waals surface area contributed by atoms with E-state index >= 15 is 0 Å². The predicted molar refractivity (Wildman–Crippen MR) is 77.0 cm³/mol. The number of carbonyl (C=O) groups excluding carboxylic acids is 1. The summed E-state index contributed by atoms with van der Waals surface area (Å²) in [6.07, 6.45) is 2.58. The summed E-state index contributed by atoms with van der Waals surface area (Å²) in [5.74, 6) is -0.340. The van der Waals surface area contributed by atoms with Crippen LogP contribution in [0.25, 0.3) is 0 Å². The van der Waals surface area contributed by atoms with Crippen LogP contribution in [-0.4, -0.2) is 56.4 Å². The summed E-state index contributed by atoms with van der Waals surface area (Å²) in [6.45, 7) is 8.76. The molecule has 0 spiro atoms. The van der Waals surface area contributed by atoms with Crippen molar-refractivity contribution in [3.63, 3.8) is 0 Å². The van der Waals surface area contributed by atoms with Gasteiger partial charge in [-0.2, -0.15) is 0 Å². The zero-order chi connectivity index (χ0) is 14.9. The van der Waals surface area contributed by atoms with E-state index in [4.69, 9.17) is 15.2 Å². The van der Waals surface area contributed by atoms with Crippen LogP contribution in [0.5, 0.6) is 0 Å². The number of ether oxygens (including phenoxy) is 2. The number of carbonyl (C=O) groups is 1. The Labute approximate surface area is 117 Å². The van der Waals surface area contributed by atoms with Gasteiger partial charge in [-0.25, -0.2) is 0 Å². The molecule has 0 aromatic carbocycles. The Hall–Kier alpha value is -0.650. The zero-order valence-corrected chi connectivity index (χ0v) is 13.1. The molecule has 0 fully saturated rings. The van der Waals surface area contributed by atoms with Gasteiger partial charge in [0, 0.05) is 19.7 Å². The monoisotopic (exact) mass is 274 g/mol. The third-order valence-corrected chi connectivity index (χ3v) is 3.36. The minimum Gasteiger partial charge on any atom is -0.468 e. The van der Waals surface area contributed by atoms with Crippen molar-refractivity contribution in [2.75, 3.05) is 33.9 Å². The van der Waals surface area contributed by atoms with Crippen LogP contribution in [0, 0.1) is 0 Å². The Balaban J connectivity index is 3.96. The Morgan fingerprint density at radius 1 is 1.26 bits per heavy atom. The lowest BCUT2D eigenvalue weighted by Gasteiger charge is -2.27. The van der Waals surface area contributed by atoms with E-state index in [0.29, 0.717) is 12.5 Å². The van der Waals surface area contributed by atoms with Crippen LogP contribution in [0.2, 0.25) is 0 Å². The van der Waals surface area contributed by atoms with E-state index in [1.807, 2.05) is 0 Å². The highest BCUT2D eigenvalue weighted by molar-refractivity contribution is 5.79. The van der Waals surface area contributed by atoms with Crippen LogP contribution in [-0.2, 0) is 14.3 Å². The molecule has 5 heteroatoms. The zero-order valence-electron chi connectivity index (χ0n) is 13.1. The van der Waals surface area contributed by atoms with Crippen molar-refractivity contribution in [3.05, 3.63) is 0 Å². The lowest BCUT2D eigenvalue weighted by Crippen LogP contribution is -2.45. The quantitative estimate of drug-likeness (QED) is 0.482. The Morgan fingerprint density at radius 3 is 2.37 bits per heavy atom. The SMILES string of the molecule is COCCN(CCCCC(C)(N)C(=O)OC)C(C)C. The molecular weight excluding hydrogens is 244 g/mol. The fraction of sp³-hybridized carbons (Fsp3) is 0.929. The van der Waals surface area contributed by atoms with E-state index < -0.39 is 5.54 Å². The second kappa shape index (κ2) is 9.28. The van der Waals surface area contributed by atoms with Gasteiger partial charge in [0.05, 0.1) is 13.7 Å². The van der Waals surface area contributed by atoms with E-state index in [-0.39, 0.29) is 5.97 Å². The molecule has 0 aromatic heterocycles. The molecule has 0 aliphatic rings. The maximum absolute atomic E-state index is 11.4. The average Bonchev–Trinajstić information content (AvgIpc) is 2.36. The molecular formula is C14H30N2O3. The van der Waals surface area contributed by atoms with Gasteiger partial charge in [-0.15, -0.1) is 0 Å². The van der Waals surface area contributed by atoms with Crippen LogP contribution in [0.4, 0.5) is 0 Å². The summed E-state index contributed by atoms with van der Waals surface area (Å²) in [5.41, 5.74) is 5.05. The maximum Gasteiger partial charge on any atom is 0.325 e. The van der Waals surface area contributed by atoms with Gasteiger partial charge in [0.25, 0.3) is 0 Å². The van der Waals surface area contributed by atoms with Crippen molar-refractivity contribution in [3.8, 4) is 0 Å². The highest BCUT2D eigenvalue weighted by atomic mass is 16.5. The first-order chi connectivity index (χ1) is 8.85. The van der Waals surface area contributed by atoms with Gasteiger partial charge in [-0.05, 0) is 46.6 Å². The first kappa shape index (κ1) is 18.4. The van der Waals surface area contributed by atoms with Crippen molar-refractivity contribution in [2.24, 2.45) is 5.73 Å². The molecule has 0 aliphatic carbocycles. The normalized spacial score (nSPS) is 14.7. The average molecular weight is 274 g/mol. The van der Waals surface area contributed by atoms with Gasteiger partial charge >= 0.3 is 5.97 Å². The van der Waals surface area contributed by atoms with Crippen molar-refractivity contribution in [1.82, 2.24) is 4.90 Å². The van der Waals surface area contributed by atoms with Crippen molar-refractivity contribution in [2.45, 2.75) is 51.6 Å². The molecule has 0 saturated carbocycles. The van der Waals surface area contributed by atoms with Gasteiger partial charge in [-0.3, -0.25) is 9.69 Å². The topological polar surface area (TPSA) is 64.8 Å². The number of methoxy groups -OCH3 is 2. The number of nitrogens with two attached hydrogens (primary N) is 1. The molecule has 0 radical (unpaired) electrons. The van der Waals surface area contributed by atoms with Gasteiger partial charge in [0.2, 0.25) is 0 Å². The van der Waals surface area contributed by atoms with E-state index in [9.17, 15) is 4.79 Å². The number of rotatable bonds is 10. The van der Waals surface area contributed by atoms with Crippen LogP contribution >= 0.6 is 0 Å². The van der Waals surface area contributed by atoms with Gasteiger partial charge in [-0.1, -0.05) is 0 Å². The smallest absolute Gasteiger partial charge is 0.325 e. The molecule has 0 amide bonds. The largest absolute Gasteiger partial charge is 0.468 e. The van der Waals surface area contributed by atoms with E-state index in [2.05, 4.69) is 18.7 Å². The molecule has 114 valence electrons. The minimum atomic E-state index is -0.871. The Kier molecular flexibility index (Phi) is 8.97. The molecule has 0 aromatic rings. The molecule has 0 saturated heterocycles. The van der Waals surface area contributed by atoms with Crippen LogP contribution in [0.3, 0.4) is 0 Å². The third kappa shape index (κ3) is 7.50. The highest BCUT2D eigenvalue weighted by Crippen LogP contribution is 2.13. The fourth-order valence-electron chi connectivity index (χ4n) is 1.98. The number of esters is 1. The van der Waals surface area contributed by atoms with Gasteiger partial charge < -0.3 is 15.2 Å². The highest BCUT2D eigenvalue weighted by Gasteiger charge is 2.28. The number of unbranched alkanes of at least 4 members (excludes halogenated alkanes) is 1. The lowest BCUT2D eigenvalue weighted by atomic mass is 9.96. The Morgan fingerprint density at radius 2 is 1.89 bits per heavy atom. The number of nitrogens with zero attached hydrogens (tertiary/aromatic N) is 1. The van der Waals surface area contributed by atoms with Gasteiger partial charge in [0.1, 0.15) is 5.54 Å². The van der Waals surface area contributed by atoms with Crippen molar-refractivity contribution in [1.29, 1.82) is 0 Å². The predicted octanol–water partition coefficient (Wildman–Crippen LogP) is 1.40. The molecule has 0 bridgehead atoms. The molecule has 19 heavy (non-hydrogen) atoms. The molecule has 0 aliphatic heterocycles. The lowest BCUT2D eigenvalue weighted by molar-refractivity contribution is -0.146. The molecule has 0 heterocycles. The second-order valence-electron chi connectivity index (χ2n) is 5.49. The number of hydrogen-bond acceptors (Lipinski definition) is 5. The first-order valence-electron chi connectivity index (χ1n) is 6.95. The van der Waals surface area contributed by atoms with Crippen LogP contribution < -0.4 is 5.73 Å². The van der Waals surface area contributed by atoms with E-state index in [1.54, 1.807) is 14.0 Å². The van der Waals surface area contributed by atoms with Crippen molar-refractivity contribution < 1.29 is 14.3 Å². The first-order valence-corrected chi connectivity index (χ1v) is 6.95. The fourth-order valence-corrected chi connectivity index (χ4v) is 1.98. The van der Waals surface area contributed by atoms with Crippen molar-refractivity contribution >= 4 is 5.97 Å². The standard InChI is InChI=1S/C14H30N2O3/c1-12(2)16(10-11-18-4)9-7-6-8-14(3,15)13(17)19-5/h12H,6-11,15H2,1-5H3. The Bertz CT molecular complexity index is 255. The summed E-state index contributed by atoms with van der Waals surface area (Å²) >= 11 is 0. The molecule has 0 rings (SSSR count). The number of hydrogen-bond donors (Lipinski definition) is 1. The van der Waals surface area contributed by atoms with Gasteiger partial charge in [0.15, 0.2) is 0 Å². The summed E-state index contributed by atoms with van der Waals surface area (Å²) < 4.78 is 9.80. The molecule has 2 N–H and O–H groups in total. The summed E-state index contributed by atoms with van der Waals surface area (Å²) in [7, 11) is 3.09. The summed E-state index contributed by atoms with van der Waals surface area (Å²) in [4.78, 5) is 13.8. The second-order valence-corrected chi connectivity index (χ2v) is 5.49. The maximum atomic E-state index is 11.4.